The second-order valence-corrected chi connectivity index (χ2v) is 4.94. The number of nitrogens with two attached hydrogens (primary N) is 1. The molecule has 3 N–H and O–H groups in total. The summed E-state index contributed by atoms with van der Waals surface area (Å²) in [4.78, 5) is 0. The number of ether oxygens (including phenoxy) is 1. The van der Waals surface area contributed by atoms with Gasteiger partial charge in [0.05, 0.1) is 11.6 Å². The highest BCUT2D eigenvalue weighted by molar-refractivity contribution is 5.02. The molecular weight excluding hydrogens is 200 g/mol. The summed E-state index contributed by atoms with van der Waals surface area (Å²) in [6.45, 7) is 8.84. The van der Waals surface area contributed by atoms with Crippen molar-refractivity contribution in [1.29, 1.82) is 0 Å². The molecule has 0 aliphatic heterocycles. The van der Waals surface area contributed by atoms with Gasteiger partial charge in [-0.25, -0.2) is 0 Å². The first-order valence-corrected chi connectivity index (χ1v) is 6.39. The zero-order valence-corrected chi connectivity index (χ0v) is 10.7. The standard InChI is InChI=1S/C13H26N2O/c1-4-16-13(8-6-5-7-9-13)12(15-14)10-11(2)3/h12,15H,2,4-10,14H2,1,3H3. The number of hydrogen-bond donors (Lipinski definition) is 2. The van der Waals surface area contributed by atoms with Gasteiger partial charge in [0.2, 0.25) is 0 Å². The van der Waals surface area contributed by atoms with E-state index in [0.29, 0.717) is 0 Å². The van der Waals surface area contributed by atoms with Crippen molar-refractivity contribution >= 4 is 0 Å². The average Bonchev–Trinajstić information content (AvgIpc) is 2.27. The molecule has 0 amide bonds. The van der Waals surface area contributed by atoms with Crippen LogP contribution in [0.4, 0.5) is 0 Å². The molecule has 1 rings (SSSR count). The highest BCUT2D eigenvalue weighted by Gasteiger charge is 2.39. The van der Waals surface area contributed by atoms with Crippen LogP contribution in [0.1, 0.15) is 52.4 Å². The van der Waals surface area contributed by atoms with Crippen LogP contribution >= 0.6 is 0 Å². The number of hydrogen-bond acceptors (Lipinski definition) is 3. The van der Waals surface area contributed by atoms with Crippen LogP contribution in [0.2, 0.25) is 0 Å². The molecular formula is C13H26N2O. The quantitative estimate of drug-likeness (QED) is 0.415. The van der Waals surface area contributed by atoms with E-state index in [-0.39, 0.29) is 11.6 Å². The van der Waals surface area contributed by atoms with Gasteiger partial charge in [0.15, 0.2) is 0 Å². The van der Waals surface area contributed by atoms with Crippen LogP contribution in [0.5, 0.6) is 0 Å². The summed E-state index contributed by atoms with van der Waals surface area (Å²) in [5.74, 6) is 5.70. The minimum atomic E-state index is -0.0687. The summed E-state index contributed by atoms with van der Waals surface area (Å²) in [6.07, 6.45) is 6.93. The lowest BCUT2D eigenvalue weighted by Gasteiger charge is -2.43. The van der Waals surface area contributed by atoms with Crippen molar-refractivity contribution in [2.75, 3.05) is 6.61 Å². The first-order chi connectivity index (χ1) is 7.64. The summed E-state index contributed by atoms with van der Waals surface area (Å²) in [7, 11) is 0. The third kappa shape index (κ3) is 3.30. The van der Waals surface area contributed by atoms with Gasteiger partial charge in [0.25, 0.3) is 0 Å². The molecule has 3 nitrogen and oxygen atoms in total. The normalized spacial score (nSPS) is 21.7. The average molecular weight is 226 g/mol. The Bertz CT molecular complexity index is 216. The van der Waals surface area contributed by atoms with Crippen LogP contribution in [0.15, 0.2) is 12.2 Å². The van der Waals surface area contributed by atoms with E-state index in [0.717, 1.165) is 31.4 Å². The van der Waals surface area contributed by atoms with Gasteiger partial charge in [-0.15, -0.1) is 6.58 Å². The maximum absolute atomic E-state index is 6.04. The van der Waals surface area contributed by atoms with Crippen LogP contribution in [-0.2, 0) is 4.74 Å². The first-order valence-electron chi connectivity index (χ1n) is 6.39. The molecule has 0 aromatic rings. The van der Waals surface area contributed by atoms with Gasteiger partial charge in [-0.05, 0) is 33.1 Å². The molecule has 0 aromatic carbocycles. The molecule has 3 heteroatoms. The Morgan fingerprint density at radius 1 is 1.44 bits per heavy atom. The maximum Gasteiger partial charge on any atom is 0.0851 e. The summed E-state index contributed by atoms with van der Waals surface area (Å²) in [5.41, 5.74) is 4.03. The van der Waals surface area contributed by atoms with Gasteiger partial charge in [-0.3, -0.25) is 11.3 Å². The maximum atomic E-state index is 6.04. The minimum Gasteiger partial charge on any atom is -0.374 e. The van der Waals surface area contributed by atoms with E-state index < -0.39 is 0 Å². The third-order valence-corrected chi connectivity index (χ3v) is 3.52. The minimum absolute atomic E-state index is 0.0687. The van der Waals surface area contributed by atoms with Crippen molar-refractivity contribution in [2.24, 2.45) is 5.84 Å². The van der Waals surface area contributed by atoms with E-state index in [4.69, 9.17) is 10.6 Å². The fourth-order valence-corrected chi connectivity index (χ4v) is 2.78. The highest BCUT2D eigenvalue weighted by atomic mass is 16.5. The van der Waals surface area contributed by atoms with Crippen molar-refractivity contribution in [3.05, 3.63) is 12.2 Å². The lowest BCUT2D eigenvalue weighted by Crippen LogP contribution is -2.56. The fraction of sp³-hybridized carbons (Fsp3) is 0.846. The van der Waals surface area contributed by atoms with Gasteiger partial charge in [0.1, 0.15) is 0 Å². The van der Waals surface area contributed by atoms with Gasteiger partial charge in [-0.1, -0.05) is 24.8 Å². The van der Waals surface area contributed by atoms with Crippen molar-refractivity contribution in [1.82, 2.24) is 5.43 Å². The van der Waals surface area contributed by atoms with Crippen LogP contribution in [0.3, 0.4) is 0 Å². The van der Waals surface area contributed by atoms with Crippen LogP contribution in [0, 0.1) is 0 Å². The zero-order chi connectivity index (χ0) is 12.0. The molecule has 0 heterocycles. The highest BCUT2D eigenvalue weighted by Crippen LogP contribution is 2.36. The summed E-state index contributed by atoms with van der Waals surface area (Å²) in [5, 5.41) is 0. The molecule has 0 bridgehead atoms. The first kappa shape index (κ1) is 13.7. The number of nitrogens with one attached hydrogen (secondary N) is 1. The molecule has 94 valence electrons. The summed E-state index contributed by atoms with van der Waals surface area (Å²) >= 11 is 0. The van der Waals surface area contributed by atoms with Gasteiger partial charge >= 0.3 is 0 Å². The Hall–Kier alpha value is -0.380. The van der Waals surface area contributed by atoms with E-state index in [1.165, 1.54) is 19.3 Å². The summed E-state index contributed by atoms with van der Waals surface area (Å²) < 4.78 is 6.04. The molecule has 1 aliphatic carbocycles. The summed E-state index contributed by atoms with van der Waals surface area (Å²) in [6, 6.07) is 0.199. The Morgan fingerprint density at radius 2 is 2.06 bits per heavy atom. The fourth-order valence-electron chi connectivity index (χ4n) is 2.78. The van der Waals surface area contributed by atoms with Crippen molar-refractivity contribution in [3.63, 3.8) is 0 Å². The largest absolute Gasteiger partial charge is 0.374 e. The van der Waals surface area contributed by atoms with Crippen molar-refractivity contribution in [2.45, 2.75) is 64.0 Å². The Labute approximate surface area is 99.4 Å². The Kier molecular flexibility index (Phi) is 5.46. The predicted octanol–water partition coefficient (Wildman–Crippen LogP) is 2.52. The lowest BCUT2D eigenvalue weighted by atomic mass is 9.77. The number of rotatable bonds is 6. The molecule has 1 fully saturated rings. The molecule has 0 aromatic heterocycles. The topological polar surface area (TPSA) is 47.3 Å². The van der Waals surface area contributed by atoms with Crippen LogP contribution < -0.4 is 11.3 Å². The van der Waals surface area contributed by atoms with E-state index >= 15 is 0 Å². The van der Waals surface area contributed by atoms with E-state index in [1.54, 1.807) is 0 Å². The predicted molar refractivity (Wildman–Crippen MR) is 68.0 cm³/mol. The molecule has 16 heavy (non-hydrogen) atoms. The van der Waals surface area contributed by atoms with Crippen molar-refractivity contribution in [3.8, 4) is 0 Å². The van der Waals surface area contributed by atoms with Crippen LogP contribution in [0.25, 0.3) is 0 Å². The Balaban J connectivity index is 2.74. The molecule has 1 atom stereocenters. The van der Waals surface area contributed by atoms with Crippen LogP contribution in [-0.4, -0.2) is 18.2 Å². The molecule has 1 aliphatic rings. The van der Waals surface area contributed by atoms with E-state index in [1.807, 2.05) is 6.92 Å². The second-order valence-electron chi connectivity index (χ2n) is 4.94. The molecule has 0 saturated heterocycles. The Morgan fingerprint density at radius 3 is 2.50 bits per heavy atom. The van der Waals surface area contributed by atoms with E-state index in [2.05, 4.69) is 18.9 Å². The molecule has 0 radical (unpaired) electrons. The van der Waals surface area contributed by atoms with Gasteiger partial charge in [0, 0.05) is 6.61 Å². The smallest absolute Gasteiger partial charge is 0.0851 e. The van der Waals surface area contributed by atoms with E-state index in [9.17, 15) is 0 Å². The monoisotopic (exact) mass is 226 g/mol. The second kappa shape index (κ2) is 6.38. The SMILES string of the molecule is C=C(C)CC(NN)C1(OCC)CCCCC1. The van der Waals surface area contributed by atoms with Crippen molar-refractivity contribution < 1.29 is 4.74 Å². The molecule has 0 spiro atoms. The zero-order valence-electron chi connectivity index (χ0n) is 10.7. The third-order valence-electron chi connectivity index (χ3n) is 3.52. The molecule has 1 saturated carbocycles. The van der Waals surface area contributed by atoms with Gasteiger partial charge < -0.3 is 4.74 Å². The number of hydrazine groups is 1. The lowest BCUT2D eigenvalue weighted by molar-refractivity contribution is -0.0897. The van der Waals surface area contributed by atoms with Gasteiger partial charge in [-0.2, -0.15) is 0 Å². The molecule has 1 unspecified atom stereocenters.